The van der Waals surface area contributed by atoms with E-state index in [2.05, 4.69) is 31.7 Å². The third-order valence-corrected chi connectivity index (χ3v) is 7.88. The molecule has 12 heteroatoms. The number of pyridine rings is 1. The fraction of sp³-hybridized carbons (Fsp3) is 0.207. The first kappa shape index (κ1) is 28.0. The minimum absolute atomic E-state index is 0.0333. The van der Waals surface area contributed by atoms with Gasteiger partial charge in [0.25, 0.3) is 11.8 Å². The standard InChI is InChI=1S/C29H27F2N7O2S/c1-38(2)29(40)18-11-21(28(39)35-12-16-3-6-22(30)23(31)9-16)27(33-13-18)34-14-19-5-8-25(41-19)17-4-7-24-20(10-17)26(32)37-15-36-24/h3-4,6-11,13,15,19H,5,12,14H2,1-2H3,(H,33,34)(H,35,39)(H2,32,36,37). The lowest BCUT2D eigenvalue weighted by Gasteiger charge is -2.17. The number of hydrogen-bond donors (Lipinski definition) is 3. The van der Waals surface area contributed by atoms with Crippen LogP contribution in [0.15, 0.2) is 61.1 Å². The predicted octanol–water partition coefficient (Wildman–Crippen LogP) is 4.48. The van der Waals surface area contributed by atoms with E-state index in [1.54, 1.807) is 25.9 Å². The molecular weight excluding hydrogens is 548 g/mol. The Balaban J connectivity index is 1.29. The average Bonchev–Trinajstić information content (AvgIpc) is 3.45. The van der Waals surface area contributed by atoms with Crippen LogP contribution < -0.4 is 16.4 Å². The molecule has 1 atom stereocenters. The van der Waals surface area contributed by atoms with E-state index in [4.69, 9.17) is 5.73 Å². The highest BCUT2D eigenvalue weighted by Gasteiger charge is 2.22. The molecule has 0 bridgehead atoms. The Hall–Kier alpha value is -4.58. The first-order valence-electron chi connectivity index (χ1n) is 12.7. The maximum absolute atomic E-state index is 13.6. The number of nitrogens with one attached hydrogen (secondary N) is 2. The van der Waals surface area contributed by atoms with Crippen molar-refractivity contribution < 1.29 is 18.4 Å². The second-order valence-electron chi connectivity index (χ2n) is 9.67. The van der Waals surface area contributed by atoms with Gasteiger partial charge >= 0.3 is 0 Å². The molecule has 210 valence electrons. The molecule has 0 fully saturated rings. The number of thioether (sulfide) groups is 1. The number of allylic oxidation sites excluding steroid dienone is 1. The van der Waals surface area contributed by atoms with E-state index in [0.717, 1.165) is 39.9 Å². The first-order valence-corrected chi connectivity index (χ1v) is 13.6. The number of halogens is 2. The van der Waals surface area contributed by atoms with Crippen molar-refractivity contribution >= 4 is 51.0 Å². The molecule has 5 rings (SSSR count). The average molecular weight is 576 g/mol. The van der Waals surface area contributed by atoms with Crippen molar-refractivity contribution in [1.82, 2.24) is 25.2 Å². The molecule has 0 spiro atoms. The summed E-state index contributed by atoms with van der Waals surface area (Å²) < 4.78 is 26.9. The SMILES string of the molecule is CN(C)C(=O)c1cnc(NCC2CC=C(c3ccc4ncnc(N)c4c3)S2)c(C(=O)NCc2ccc(F)c(F)c2)c1. The number of aromatic nitrogens is 3. The Labute approximate surface area is 239 Å². The van der Waals surface area contributed by atoms with E-state index in [1.165, 1.54) is 29.6 Å². The van der Waals surface area contributed by atoms with Gasteiger partial charge in [-0.1, -0.05) is 18.2 Å². The summed E-state index contributed by atoms with van der Waals surface area (Å²) in [6.45, 7) is 0.468. The summed E-state index contributed by atoms with van der Waals surface area (Å²) in [5, 5.41) is 6.92. The molecule has 4 N–H and O–H groups in total. The van der Waals surface area contributed by atoms with Gasteiger partial charge in [-0.3, -0.25) is 9.59 Å². The lowest BCUT2D eigenvalue weighted by molar-refractivity contribution is 0.0827. The molecule has 1 aliphatic rings. The van der Waals surface area contributed by atoms with Gasteiger partial charge in [0.05, 0.1) is 16.6 Å². The summed E-state index contributed by atoms with van der Waals surface area (Å²) in [5.74, 6) is -2.04. The highest BCUT2D eigenvalue weighted by molar-refractivity contribution is 8.09. The second kappa shape index (κ2) is 11.9. The fourth-order valence-electron chi connectivity index (χ4n) is 4.35. The third-order valence-electron chi connectivity index (χ3n) is 6.53. The van der Waals surface area contributed by atoms with E-state index in [9.17, 15) is 18.4 Å². The van der Waals surface area contributed by atoms with Crippen LogP contribution >= 0.6 is 11.8 Å². The summed E-state index contributed by atoms with van der Waals surface area (Å²) in [5.41, 5.74) is 8.64. The van der Waals surface area contributed by atoms with Crippen LogP contribution in [0.2, 0.25) is 0 Å². The van der Waals surface area contributed by atoms with Crippen molar-refractivity contribution in [3.63, 3.8) is 0 Å². The van der Waals surface area contributed by atoms with Crippen LogP contribution in [-0.4, -0.2) is 57.6 Å². The molecule has 2 aromatic carbocycles. The van der Waals surface area contributed by atoms with Crippen LogP contribution in [-0.2, 0) is 6.54 Å². The van der Waals surface area contributed by atoms with Gasteiger partial charge < -0.3 is 21.3 Å². The van der Waals surface area contributed by atoms with Gasteiger partial charge in [0.2, 0.25) is 0 Å². The van der Waals surface area contributed by atoms with Crippen molar-refractivity contribution in [1.29, 1.82) is 0 Å². The van der Waals surface area contributed by atoms with Crippen LogP contribution in [0, 0.1) is 11.6 Å². The lowest BCUT2D eigenvalue weighted by Crippen LogP contribution is -2.27. The molecule has 4 aromatic rings. The number of nitrogen functional groups attached to an aromatic ring is 1. The number of nitrogens with zero attached hydrogens (tertiary/aromatic N) is 4. The van der Waals surface area contributed by atoms with Gasteiger partial charge in [0, 0.05) is 48.9 Å². The second-order valence-corrected chi connectivity index (χ2v) is 11.0. The van der Waals surface area contributed by atoms with Crippen molar-refractivity contribution in [2.45, 2.75) is 18.2 Å². The van der Waals surface area contributed by atoms with Gasteiger partial charge in [-0.05, 0) is 47.9 Å². The van der Waals surface area contributed by atoms with Crippen molar-refractivity contribution in [2.75, 3.05) is 31.7 Å². The molecule has 0 saturated carbocycles. The van der Waals surface area contributed by atoms with Gasteiger partial charge in [0.1, 0.15) is 18.0 Å². The normalized spacial score (nSPS) is 14.5. The van der Waals surface area contributed by atoms with E-state index in [-0.39, 0.29) is 28.8 Å². The minimum Gasteiger partial charge on any atom is -0.383 e. The van der Waals surface area contributed by atoms with E-state index in [0.29, 0.717) is 23.7 Å². The van der Waals surface area contributed by atoms with E-state index >= 15 is 0 Å². The fourth-order valence-corrected chi connectivity index (χ4v) is 5.52. The van der Waals surface area contributed by atoms with Crippen LogP contribution in [0.1, 0.15) is 38.3 Å². The van der Waals surface area contributed by atoms with E-state index in [1.807, 2.05) is 18.2 Å². The third kappa shape index (κ3) is 6.27. The largest absolute Gasteiger partial charge is 0.383 e. The number of amides is 2. The molecule has 0 saturated heterocycles. The van der Waals surface area contributed by atoms with Crippen LogP contribution in [0.5, 0.6) is 0 Å². The minimum atomic E-state index is -0.998. The zero-order valence-corrected chi connectivity index (χ0v) is 23.1. The Morgan fingerprint density at radius 3 is 2.68 bits per heavy atom. The number of carbonyl (C=O) groups is 2. The summed E-state index contributed by atoms with van der Waals surface area (Å²) in [7, 11) is 3.21. The molecule has 3 heterocycles. The summed E-state index contributed by atoms with van der Waals surface area (Å²) in [6.07, 6.45) is 5.81. The van der Waals surface area contributed by atoms with Crippen LogP contribution in [0.25, 0.3) is 15.8 Å². The number of fused-ring (bicyclic) bond motifs is 1. The maximum atomic E-state index is 13.6. The van der Waals surface area contributed by atoms with Crippen LogP contribution in [0.3, 0.4) is 0 Å². The molecular formula is C29H27F2N7O2S. The summed E-state index contributed by atoms with van der Waals surface area (Å²) in [6, 6.07) is 10.8. The maximum Gasteiger partial charge on any atom is 0.255 e. The van der Waals surface area contributed by atoms with Gasteiger partial charge in [-0.15, -0.1) is 11.8 Å². The smallest absolute Gasteiger partial charge is 0.255 e. The number of hydrogen-bond acceptors (Lipinski definition) is 8. The number of anilines is 2. The van der Waals surface area contributed by atoms with Gasteiger partial charge in [0.15, 0.2) is 11.6 Å². The number of rotatable bonds is 8. The monoisotopic (exact) mass is 575 g/mol. The zero-order valence-electron chi connectivity index (χ0n) is 22.3. The zero-order chi connectivity index (χ0) is 29.1. The van der Waals surface area contributed by atoms with Crippen molar-refractivity contribution in [2.24, 2.45) is 0 Å². The van der Waals surface area contributed by atoms with Gasteiger partial charge in [-0.25, -0.2) is 23.7 Å². The Morgan fingerprint density at radius 2 is 1.90 bits per heavy atom. The van der Waals surface area contributed by atoms with E-state index < -0.39 is 17.5 Å². The van der Waals surface area contributed by atoms with Crippen molar-refractivity contribution in [3.8, 4) is 0 Å². The Bertz CT molecular complexity index is 1680. The molecule has 0 radical (unpaired) electrons. The first-order chi connectivity index (χ1) is 19.7. The summed E-state index contributed by atoms with van der Waals surface area (Å²) >= 11 is 1.70. The Morgan fingerprint density at radius 1 is 1.07 bits per heavy atom. The van der Waals surface area contributed by atoms with Gasteiger partial charge in [-0.2, -0.15) is 0 Å². The quantitative estimate of drug-likeness (QED) is 0.281. The van der Waals surface area contributed by atoms with Crippen LogP contribution in [0.4, 0.5) is 20.4 Å². The number of nitrogens with two attached hydrogens (primary N) is 1. The molecule has 9 nitrogen and oxygen atoms in total. The molecule has 2 aromatic heterocycles. The molecule has 41 heavy (non-hydrogen) atoms. The highest BCUT2D eigenvalue weighted by Crippen LogP contribution is 2.40. The number of benzene rings is 2. The molecule has 1 unspecified atom stereocenters. The molecule has 1 aliphatic heterocycles. The van der Waals surface area contributed by atoms with Crippen molar-refractivity contribution in [3.05, 3.63) is 95.0 Å². The topological polar surface area (TPSA) is 126 Å². The highest BCUT2D eigenvalue weighted by atomic mass is 32.2. The molecule has 0 aliphatic carbocycles. The predicted molar refractivity (Wildman–Crippen MR) is 156 cm³/mol. The summed E-state index contributed by atoms with van der Waals surface area (Å²) in [4.78, 5) is 40.9. The number of carbonyl (C=O) groups excluding carboxylic acids is 2. The Kier molecular flexibility index (Phi) is 8.11. The lowest BCUT2D eigenvalue weighted by atomic mass is 10.1. The molecule has 2 amide bonds.